The lowest BCUT2D eigenvalue weighted by atomic mass is 9.98. The summed E-state index contributed by atoms with van der Waals surface area (Å²) in [5.74, 6) is 2.43. The van der Waals surface area contributed by atoms with Gasteiger partial charge in [-0.05, 0) is 32.9 Å². The van der Waals surface area contributed by atoms with Crippen LogP contribution in [0.2, 0.25) is 0 Å². The summed E-state index contributed by atoms with van der Waals surface area (Å²) < 4.78 is 11.1. The van der Waals surface area contributed by atoms with Crippen LogP contribution in [0.3, 0.4) is 0 Å². The van der Waals surface area contributed by atoms with E-state index in [-0.39, 0.29) is 0 Å². The molecule has 0 aliphatic carbocycles. The van der Waals surface area contributed by atoms with E-state index < -0.39 is 0 Å². The average Bonchev–Trinajstić information content (AvgIpc) is 2.79. The minimum Gasteiger partial charge on any atom is -0.445 e. The third-order valence-electron chi connectivity index (χ3n) is 3.01. The smallest absolute Gasteiger partial charge is 0.194 e. The molecule has 0 unspecified atom stereocenters. The highest BCUT2D eigenvalue weighted by Crippen LogP contribution is 2.27. The molecule has 4 nitrogen and oxygen atoms in total. The van der Waals surface area contributed by atoms with E-state index in [0.29, 0.717) is 5.92 Å². The molecule has 1 aliphatic heterocycles. The zero-order chi connectivity index (χ0) is 11.2. The lowest BCUT2D eigenvalue weighted by Crippen LogP contribution is -2.13. The summed E-state index contributed by atoms with van der Waals surface area (Å²) in [4.78, 5) is 4.33. The number of aryl methyl sites for hydroxylation is 1. The molecular formula is C12H20N2O2. The molecule has 0 aromatic carbocycles. The summed E-state index contributed by atoms with van der Waals surface area (Å²) >= 11 is 0. The Kier molecular flexibility index (Phi) is 4.36. The van der Waals surface area contributed by atoms with Gasteiger partial charge in [0.25, 0.3) is 0 Å². The summed E-state index contributed by atoms with van der Waals surface area (Å²) in [5, 5.41) is 3.12. The molecule has 2 heterocycles. The van der Waals surface area contributed by atoms with E-state index in [1.54, 1.807) is 0 Å². The number of nitrogens with zero attached hydrogens (tertiary/aromatic N) is 1. The molecule has 4 heteroatoms. The molecule has 0 spiro atoms. The lowest BCUT2D eigenvalue weighted by Gasteiger charge is -2.19. The molecular weight excluding hydrogens is 204 g/mol. The van der Waals surface area contributed by atoms with Crippen molar-refractivity contribution in [2.45, 2.75) is 31.6 Å². The summed E-state index contributed by atoms with van der Waals surface area (Å²) in [6.07, 6.45) is 6.01. The maximum atomic E-state index is 5.78. The zero-order valence-corrected chi connectivity index (χ0v) is 9.87. The second kappa shape index (κ2) is 6.01. The number of hydrogen-bond acceptors (Lipinski definition) is 4. The van der Waals surface area contributed by atoms with Gasteiger partial charge in [-0.15, -0.1) is 0 Å². The summed E-state index contributed by atoms with van der Waals surface area (Å²) in [5.41, 5.74) is 0. The molecule has 1 saturated heterocycles. The molecule has 1 aromatic rings. The second-order valence-corrected chi connectivity index (χ2v) is 4.25. The van der Waals surface area contributed by atoms with E-state index in [4.69, 9.17) is 9.15 Å². The SMILES string of the molecule is CNCCCc1ncc(C2CCOCC2)o1. The maximum Gasteiger partial charge on any atom is 0.194 e. The molecule has 1 N–H and O–H groups in total. The van der Waals surface area contributed by atoms with E-state index in [0.717, 1.165) is 57.1 Å². The fourth-order valence-corrected chi connectivity index (χ4v) is 2.03. The summed E-state index contributed by atoms with van der Waals surface area (Å²) in [6.45, 7) is 2.70. The van der Waals surface area contributed by atoms with Crippen LogP contribution in [0, 0.1) is 0 Å². The van der Waals surface area contributed by atoms with Gasteiger partial charge >= 0.3 is 0 Å². The molecule has 0 atom stereocenters. The molecule has 1 fully saturated rings. The first kappa shape index (κ1) is 11.6. The van der Waals surface area contributed by atoms with Crippen molar-refractivity contribution in [2.24, 2.45) is 0 Å². The third-order valence-corrected chi connectivity index (χ3v) is 3.01. The Labute approximate surface area is 96.4 Å². The van der Waals surface area contributed by atoms with Crippen LogP contribution < -0.4 is 5.32 Å². The van der Waals surface area contributed by atoms with Crippen molar-refractivity contribution in [1.82, 2.24) is 10.3 Å². The van der Waals surface area contributed by atoms with Crippen LogP contribution in [0.15, 0.2) is 10.6 Å². The van der Waals surface area contributed by atoms with Crippen LogP contribution in [0.25, 0.3) is 0 Å². The Morgan fingerprint density at radius 2 is 2.25 bits per heavy atom. The standard InChI is InChI=1S/C12H20N2O2/c1-13-6-2-3-12-14-9-11(16-12)10-4-7-15-8-5-10/h9-10,13H,2-8H2,1H3. The van der Waals surface area contributed by atoms with Gasteiger partial charge < -0.3 is 14.5 Å². The van der Waals surface area contributed by atoms with E-state index in [2.05, 4.69) is 10.3 Å². The van der Waals surface area contributed by atoms with Gasteiger partial charge in [-0.3, -0.25) is 0 Å². The van der Waals surface area contributed by atoms with Crippen molar-refractivity contribution < 1.29 is 9.15 Å². The van der Waals surface area contributed by atoms with Crippen LogP contribution in [0.5, 0.6) is 0 Å². The predicted octanol–water partition coefficient (Wildman–Crippen LogP) is 1.72. The topological polar surface area (TPSA) is 47.3 Å². The third kappa shape index (κ3) is 3.06. The Hall–Kier alpha value is -0.870. The van der Waals surface area contributed by atoms with E-state index in [9.17, 15) is 0 Å². The highest BCUT2D eigenvalue weighted by atomic mass is 16.5. The molecule has 1 aliphatic rings. The van der Waals surface area contributed by atoms with Gasteiger partial charge in [-0.25, -0.2) is 4.98 Å². The average molecular weight is 224 g/mol. The predicted molar refractivity (Wildman–Crippen MR) is 61.5 cm³/mol. The fraction of sp³-hybridized carbons (Fsp3) is 0.750. The van der Waals surface area contributed by atoms with Crippen molar-refractivity contribution in [3.05, 3.63) is 17.8 Å². The Balaban J connectivity index is 1.85. The quantitative estimate of drug-likeness (QED) is 0.774. The normalized spacial score (nSPS) is 17.8. The van der Waals surface area contributed by atoms with Crippen LogP contribution in [-0.2, 0) is 11.2 Å². The zero-order valence-electron chi connectivity index (χ0n) is 9.87. The number of ether oxygens (including phenoxy) is 1. The number of aromatic nitrogens is 1. The monoisotopic (exact) mass is 224 g/mol. The molecule has 0 radical (unpaired) electrons. The Bertz CT molecular complexity index is 306. The van der Waals surface area contributed by atoms with Gasteiger partial charge in [-0.1, -0.05) is 0 Å². The van der Waals surface area contributed by atoms with Crippen LogP contribution in [0.4, 0.5) is 0 Å². The van der Waals surface area contributed by atoms with Crippen LogP contribution in [0.1, 0.15) is 36.8 Å². The fourth-order valence-electron chi connectivity index (χ4n) is 2.03. The summed E-state index contributed by atoms with van der Waals surface area (Å²) in [7, 11) is 1.96. The highest BCUT2D eigenvalue weighted by Gasteiger charge is 2.19. The van der Waals surface area contributed by atoms with Gasteiger partial charge in [0, 0.05) is 25.6 Å². The second-order valence-electron chi connectivity index (χ2n) is 4.25. The molecule has 0 saturated carbocycles. The minimum atomic E-state index is 0.513. The minimum absolute atomic E-state index is 0.513. The van der Waals surface area contributed by atoms with Crippen molar-refractivity contribution in [3.8, 4) is 0 Å². The highest BCUT2D eigenvalue weighted by molar-refractivity contribution is 5.02. The van der Waals surface area contributed by atoms with Gasteiger partial charge in [0.2, 0.25) is 0 Å². The van der Waals surface area contributed by atoms with Crippen LogP contribution >= 0.6 is 0 Å². The molecule has 16 heavy (non-hydrogen) atoms. The molecule has 2 rings (SSSR count). The number of nitrogens with one attached hydrogen (secondary N) is 1. The van der Waals surface area contributed by atoms with Crippen molar-refractivity contribution >= 4 is 0 Å². The van der Waals surface area contributed by atoms with Gasteiger partial charge in [0.05, 0.1) is 6.20 Å². The van der Waals surface area contributed by atoms with Crippen molar-refractivity contribution in [1.29, 1.82) is 0 Å². The molecule has 90 valence electrons. The van der Waals surface area contributed by atoms with E-state index in [1.165, 1.54) is 0 Å². The van der Waals surface area contributed by atoms with Crippen molar-refractivity contribution in [3.63, 3.8) is 0 Å². The Morgan fingerprint density at radius 1 is 1.44 bits per heavy atom. The number of oxazole rings is 1. The largest absolute Gasteiger partial charge is 0.445 e. The van der Waals surface area contributed by atoms with Gasteiger partial charge in [0.1, 0.15) is 5.76 Å². The first-order chi connectivity index (χ1) is 7.90. The maximum absolute atomic E-state index is 5.78. The number of hydrogen-bond donors (Lipinski definition) is 1. The number of rotatable bonds is 5. The van der Waals surface area contributed by atoms with Crippen LogP contribution in [-0.4, -0.2) is 31.8 Å². The molecule has 1 aromatic heterocycles. The molecule has 0 amide bonds. The van der Waals surface area contributed by atoms with E-state index in [1.807, 2.05) is 13.2 Å². The van der Waals surface area contributed by atoms with Gasteiger partial charge in [-0.2, -0.15) is 0 Å². The molecule has 0 bridgehead atoms. The van der Waals surface area contributed by atoms with Crippen molar-refractivity contribution in [2.75, 3.05) is 26.8 Å². The Morgan fingerprint density at radius 3 is 3.00 bits per heavy atom. The first-order valence-corrected chi connectivity index (χ1v) is 6.07. The lowest BCUT2D eigenvalue weighted by molar-refractivity contribution is 0.0803. The summed E-state index contributed by atoms with van der Waals surface area (Å²) in [6, 6.07) is 0. The van der Waals surface area contributed by atoms with Gasteiger partial charge in [0.15, 0.2) is 5.89 Å². The first-order valence-electron chi connectivity index (χ1n) is 6.07. The van der Waals surface area contributed by atoms with E-state index >= 15 is 0 Å².